The Kier molecular flexibility index (Phi) is 5.79. The van der Waals surface area contributed by atoms with Crippen molar-refractivity contribution in [1.82, 2.24) is 0 Å². The molecule has 2 unspecified atom stereocenters. The van der Waals surface area contributed by atoms with Gasteiger partial charge >= 0.3 is 0 Å². The summed E-state index contributed by atoms with van der Waals surface area (Å²) in [4.78, 5) is 26.7. The monoisotopic (exact) mass is 366 g/mol. The van der Waals surface area contributed by atoms with Gasteiger partial charge in [0.05, 0.1) is 13.0 Å². The molecule has 2 atom stereocenters. The van der Waals surface area contributed by atoms with E-state index < -0.39 is 0 Å². The molecule has 0 spiro atoms. The van der Waals surface area contributed by atoms with E-state index in [0.717, 1.165) is 17.9 Å². The van der Waals surface area contributed by atoms with Gasteiger partial charge < -0.3 is 15.0 Å². The molecular weight excluding hydrogens is 340 g/mol. The van der Waals surface area contributed by atoms with Crippen LogP contribution in [0.1, 0.15) is 38.2 Å². The maximum atomic E-state index is 12.6. The quantitative estimate of drug-likeness (QED) is 0.833. The normalized spacial score (nSPS) is 17.7. The predicted molar refractivity (Wildman–Crippen MR) is 107 cm³/mol. The topological polar surface area (TPSA) is 58.6 Å². The minimum absolute atomic E-state index is 0.0128. The number of amides is 2. The zero-order valence-corrected chi connectivity index (χ0v) is 16.1. The maximum Gasteiger partial charge on any atom is 0.229 e. The molecule has 0 bridgehead atoms. The highest BCUT2D eigenvalue weighted by atomic mass is 16.5. The van der Waals surface area contributed by atoms with Gasteiger partial charge in [-0.15, -0.1) is 0 Å². The van der Waals surface area contributed by atoms with Gasteiger partial charge in [-0.05, 0) is 54.3 Å². The van der Waals surface area contributed by atoms with Gasteiger partial charge in [-0.25, -0.2) is 0 Å². The number of hydrogen-bond donors (Lipinski definition) is 1. The van der Waals surface area contributed by atoms with Gasteiger partial charge in [0, 0.05) is 24.3 Å². The van der Waals surface area contributed by atoms with Crippen molar-refractivity contribution in [3.63, 3.8) is 0 Å². The van der Waals surface area contributed by atoms with Crippen molar-refractivity contribution in [2.75, 3.05) is 23.9 Å². The number of anilines is 2. The van der Waals surface area contributed by atoms with Crippen LogP contribution in [0.2, 0.25) is 0 Å². The van der Waals surface area contributed by atoms with Crippen LogP contribution in [0, 0.1) is 5.92 Å². The van der Waals surface area contributed by atoms with Crippen LogP contribution in [0.5, 0.6) is 5.75 Å². The Morgan fingerprint density at radius 1 is 1.19 bits per heavy atom. The van der Waals surface area contributed by atoms with Gasteiger partial charge in [-0.1, -0.05) is 26.0 Å². The molecule has 142 valence electrons. The number of carbonyl (C=O) groups excluding carboxylic acids is 2. The summed E-state index contributed by atoms with van der Waals surface area (Å²) in [5.41, 5.74) is 2.82. The van der Waals surface area contributed by atoms with E-state index in [1.807, 2.05) is 12.1 Å². The van der Waals surface area contributed by atoms with E-state index in [9.17, 15) is 9.59 Å². The number of nitrogens with one attached hydrogen (secondary N) is 1. The minimum atomic E-state index is -0.353. The minimum Gasteiger partial charge on any atom is -0.497 e. The first kappa shape index (κ1) is 19.0. The van der Waals surface area contributed by atoms with Gasteiger partial charge in [0.1, 0.15) is 5.75 Å². The summed E-state index contributed by atoms with van der Waals surface area (Å²) in [6.07, 6.45) is 1.31. The zero-order valence-electron chi connectivity index (χ0n) is 16.1. The van der Waals surface area contributed by atoms with E-state index in [2.05, 4.69) is 31.3 Å². The molecule has 2 aromatic carbocycles. The molecule has 5 nitrogen and oxygen atoms in total. The van der Waals surface area contributed by atoms with Gasteiger partial charge in [-0.2, -0.15) is 0 Å². The van der Waals surface area contributed by atoms with Crippen molar-refractivity contribution in [3.05, 3.63) is 54.1 Å². The fourth-order valence-corrected chi connectivity index (χ4v) is 3.27. The summed E-state index contributed by atoms with van der Waals surface area (Å²) in [6.45, 7) is 4.76. The Morgan fingerprint density at radius 2 is 1.85 bits per heavy atom. The Hall–Kier alpha value is -2.82. The van der Waals surface area contributed by atoms with Crippen molar-refractivity contribution in [2.24, 2.45) is 5.92 Å². The van der Waals surface area contributed by atoms with E-state index in [-0.39, 0.29) is 24.2 Å². The van der Waals surface area contributed by atoms with Gasteiger partial charge in [-0.3, -0.25) is 9.59 Å². The Bertz CT molecular complexity index is 799. The lowest BCUT2D eigenvalue weighted by Gasteiger charge is -2.18. The molecule has 1 aliphatic heterocycles. The maximum absolute atomic E-state index is 12.6. The van der Waals surface area contributed by atoms with Crippen LogP contribution >= 0.6 is 0 Å². The highest BCUT2D eigenvalue weighted by Gasteiger charge is 2.35. The lowest BCUT2D eigenvalue weighted by atomic mass is 9.98. The van der Waals surface area contributed by atoms with Crippen LogP contribution in [0.3, 0.4) is 0 Å². The van der Waals surface area contributed by atoms with Gasteiger partial charge in [0.25, 0.3) is 0 Å². The average Bonchev–Trinajstić information content (AvgIpc) is 3.10. The van der Waals surface area contributed by atoms with Crippen LogP contribution in [0.4, 0.5) is 11.4 Å². The van der Waals surface area contributed by atoms with Crippen LogP contribution in [0.15, 0.2) is 48.5 Å². The Morgan fingerprint density at radius 3 is 2.44 bits per heavy atom. The third kappa shape index (κ3) is 4.30. The van der Waals surface area contributed by atoms with E-state index in [1.54, 1.807) is 36.3 Å². The van der Waals surface area contributed by atoms with Gasteiger partial charge in [0.2, 0.25) is 11.8 Å². The van der Waals surface area contributed by atoms with E-state index >= 15 is 0 Å². The highest BCUT2D eigenvalue weighted by molar-refractivity contribution is 6.03. The molecule has 1 heterocycles. The summed E-state index contributed by atoms with van der Waals surface area (Å²) in [5.74, 6) is 0.731. The smallest absolute Gasteiger partial charge is 0.229 e. The van der Waals surface area contributed by atoms with Crippen LogP contribution in [-0.2, 0) is 9.59 Å². The molecule has 0 radical (unpaired) electrons. The molecule has 1 fully saturated rings. The predicted octanol–water partition coefficient (Wildman–Crippen LogP) is 4.20. The van der Waals surface area contributed by atoms with Crippen molar-refractivity contribution < 1.29 is 14.3 Å². The fraction of sp³-hybridized carbons (Fsp3) is 0.364. The second-order valence-corrected chi connectivity index (χ2v) is 7.02. The largest absolute Gasteiger partial charge is 0.497 e. The van der Waals surface area contributed by atoms with Crippen molar-refractivity contribution in [1.29, 1.82) is 0 Å². The summed E-state index contributed by atoms with van der Waals surface area (Å²) < 4.78 is 5.12. The number of carbonyl (C=O) groups is 2. The van der Waals surface area contributed by atoms with Crippen LogP contribution < -0.4 is 15.0 Å². The summed E-state index contributed by atoms with van der Waals surface area (Å²) >= 11 is 0. The van der Waals surface area contributed by atoms with Crippen LogP contribution in [0.25, 0.3) is 0 Å². The molecule has 1 N–H and O–H groups in total. The lowest BCUT2D eigenvalue weighted by Crippen LogP contribution is -2.28. The molecule has 5 heteroatoms. The molecule has 0 saturated carbocycles. The number of hydrogen-bond acceptors (Lipinski definition) is 3. The SMILES string of the molecule is CCC(C)c1ccc(N2CC(C(=O)Nc3ccc(OC)cc3)CC2=O)cc1. The number of nitrogens with zero attached hydrogens (tertiary/aromatic N) is 1. The number of benzene rings is 2. The highest BCUT2D eigenvalue weighted by Crippen LogP contribution is 2.28. The van der Waals surface area contributed by atoms with E-state index in [0.29, 0.717) is 18.2 Å². The summed E-state index contributed by atoms with van der Waals surface area (Å²) in [5, 5.41) is 2.89. The molecule has 2 amide bonds. The van der Waals surface area contributed by atoms with Crippen molar-refractivity contribution in [3.8, 4) is 5.75 Å². The molecule has 0 aromatic heterocycles. The number of methoxy groups -OCH3 is 1. The Balaban J connectivity index is 1.64. The number of ether oxygens (including phenoxy) is 1. The first-order valence-corrected chi connectivity index (χ1v) is 9.37. The Labute approximate surface area is 160 Å². The van der Waals surface area contributed by atoms with Crippen LogP contribution in [-0.4, -0.2) is 25.5 Å². The molecule has 1 aliphatic rings. The summed E-state index contributed by atoms with van der Waals surface area (Å²) in [7, 11) is 1.60. The molecule has 2 aromatic rings. The van der Waals surface area contributed by atoms with E-state index in [4.69, 9.17) is 4.74 Å². The first-order chi connectivity index (χ1) is 13.0. The first-order valence-electron chi connectivity index (χ1n) is 9.37. The zero-order chi connectivity index (χ0) is 19.4. The molecule has 27 heavy (non-hydrogen) atoms. The summed E-state index contributed by atoms with van der Waals surface area (Å²) in [6, 6.07) is 15.3. The molecule has 1 saturated heterocycles. The number of rotatable bonds is 6. The third-order valence-electron chi connectivity index (χ3n) is 5.24. The third-order valence-corrected chi connectivity index (χ3v) is 5.24. The van der Waals surface area contributed by atoms with Gasteiger partial charge in [0.15, 0.2) is 0 Å². The van der Waals surface area contributed by atoms with Crippen molar-refractivity contribution in [2.45, 2.75) is 32.6 Å². The fourth-order valence-electron chi connectivity index (χ4n) is 3.27. The van der Waals surface area contributed by atoms with E-state index in [1.165, 1.54) is 5.56 Å². The van der Waals surface area contributed by atoms with Crippen molar-refractivity contribution >= 4 is 23.2 Å². The standard InChI is InChI=1S/C22H26N2O3/c1-4-15(2)16-5-9-19(10-6-16)24-14-17(13-21(24)25)22(26)23-18-7-11-20(27-3)12-8-18/h5-12,15,17H,4,13-14H2,1-3H3,(H,23,26). The molecule has 3 rings (SSSR count). The second-order valence-electron chi connectivity index (χ2n) is 7.02. The lowest BCUT2D eigenvalue weighted by molar-refractivity contribution is -0.122. The molecular formula is C22H26N2O3. The average molecular weight is 366 g/mol. The molecule has 0 aliphatic carbocycles. The second kappa shape index (κ2) is 8.25.